The highest BCUT2D eigenvalue weighted by Crippen LogP contribution is 2.46. The van der Waals surface area contributed by atoms with Gasteiger partial charge in [-0.15, -0.1) is 0 Å². The van der Waals surface area contributed by atoms with E-state index in [1.807, 2.05) is 33.0 Å². The van der Waals surface area contributed by atoms with Crippen molar-refractivity contribution in [1.82, 2.24) is 0 Å². The van der Waals surface area contributed by atoms with Crippen LogP contribution in [0, 0.1) is 11.8 Å². The minimum Gasteiger partial charge on any atom is -0.393 e. The molecule has 0 radical (unpaired) electrons. The van der Waals surface area contributed by atoms with E-state index in [4.69, 9.17) is 9.16 Å². The molecule has 0 saturated heterocycles. The molecule has 3 atom stereocenters. The first-order valence-corrected chi connectivity index (χ1v) is 21.2. The minimum atomic E-state index is -4.54. The van der Waals surface area contributed by atoms with Crippen molar-refractivity contribution in [2.24, 2.45) is 11.8 Å². The fraction of sp³-hybridized carbons (Fsp3) is 0.882. The average molecular weight is 615 g/mol. The van der Waals surface area contributed by atoms with Gasteiger partial charge in [0.25, 0.3) is 10.1 Å². The van der Waals surface area contributed by atoms with Gasteiger partial charge >= 0.3 is 0 Å². The summed E-state index contributed by atoms with van der Waals surface area (Å²) < 4.78 is 48.9. The van der Waals surface area contributed by atoms with Crippen LogP contribution in [0.1, 0.15) is 144 Å². The predicted molar refractivity (Wildman–Crippen MR) is 178 cm³/mol. The molecule has 0 spiro atoms. The maximum Gasteiger partial charge on any atom is 0.298 e. The molecule has 0 aliphatic heterocycles. The van der Waals surface area contributed by atoms with Gasteiger partial charge in [0.1, 0.15) is 0 Å². The van der Waals surface area contributed by atoms with Gasteiger partial charge in [0.05, 0.1) is 0 Å². The first-order chi connectivity index (χ1) is 19.2. The summed E-state index contributed by atoms with van der Waals surface area (Å²) in [6, 6.07) is 0. The monoisotopic (exact) mass is 614 g/mol. The zero-order chi connectivity index (χ0) is 31.0. The van der Waals surface area contributed by atoms with E-state index in [0.29, 0.717) is 13.2 Å². The second kappa shape index (κ2) is 19.0. The van der Waals surface area contributed by atoms with E-state index in [-0.39, 0.29) is 11.0 Å². The number of ether oxygens (including phenoxy) is 1. The minimum absolute atomic E-state index is 0.136. The lowest BCUT2D eigenvalue weighted by Crippen LogP contribution is -2.57. The third-order valence-corrected chi connectivity index (χ3v) is 15.2. The Bertz CT molecular complexity index is 874. The van der Waals surface area contributed by atoms with Gasteiger partial charge < -0.3 is 9.16 Å². The molecule has 0 heterocycles. The van der Waals surface area contributed by atoms with E-state index in [9.17, 15) is 13.0 Å². The van der Waals surface area contributed by atoms with Crippen LogP contribution in [0.25, 0.3) is 0 Å². The van der Waals surface area contributed by atoms with Gasteiger partial charge in [-0.1, -0.05) is 149 Å². The third kappa shape index (κ3) is 13.8. The molecule has 1 aliphatic rings. The molecule has 41 heavy (non-hydrogen) atoms. The lowest BCUT2D eigenvalue weighted by atomic mass is 9.84. The topological polar surface area (TPSA) is 72.8 Å². The molecule has 242 valence electrons. The van der Waals surface area contributed by atoms with E-state index in [1.165, 1.54) is 96.3 Å². The molecule has 0 saturated carbocycles. The fourth-order valence-corrected chi connectivity index (χ4v) is 8.70. The molecule has 0 amide bonds. The van der Waals surface area contributed by atoms with Crippen LogP contribution in [0.3, 0.4) is 0 Å². The van der Waals surface area contributed by atoms with Crippen LogP contribution in [0.15, 0.2) is 23.8 Å². The lowest BCUT2D eigenvalue weighted by molar-refractivity contribution is 0.0433. The van der Waals surface area contributed by atoms with Crippen LogP contribution in [0.5, 0.6) is 0 Å². The van der Waals surface area contributed by atoms with E-state index >= 15 is 0 Å². The smallest absolute Gasteiger partial charge is 0.298 e. The van der Waals surface area contributed by atoms with Crippen molar-refractivity contribution in [2.45, 2.75) is 167 Å². The summed E-state index contributed by atoms with van der Waals surface area (Å²) >= 11 is 0. The van der Waals surface area contributed by atoms with Crippen molar-refractivity contribution in [3.05, 3.63) is 23.8 Å². The van der Waals surface area contributed by atoms with E-state index in [1.54, 1.807) is 12.2 Å². The van der Waals surface area contributed by atoms with Gasteiger partial charge in [-0.3, -0.25) is 4.55 Å². The second-order valence-electron chi connectivity index (χ2n) is 14.2. The van der Waals surface area contributed by atoms with E-state index in [0.717, 1.165) is 12.0 Å². The number of unbranched alkanes of at least 4 members (excludes halogenated alkanes) is 15. The first-order valence-electron chi connectivity index (χ1n) is 16.8. The molecule has 0 aromatic carbocycles. The quantitative estimate of drug-likeness (QED) is 0.0704. The van der Waals surface area contributed by atoms with Gasteiger partial charge in [-0.2, -0.15) is 8.42 Å². The summed E-state index contributed by atoms with van der Waals surface area (Å²) in [5.41, 5.74) is 0.970. The highest BCUT2D eigenvalue weighted by atomic mass is 32.2. The molecule has 0 bridgehead atoms. The van der Waals surface area contributed by atoms with Crippen LogP contribution < -0.4 is 0 Å². The summed E-state index contributed by atoms with van der Waals surface area (Å²) in [7, 11) is -7.06. The summed E-state index contributed by atoms with van der Waals surface area (Å²) in [5.74, 6) is -0.662. The van der Waals surface area contributed by atoms with Crippen molar-refractivity contribution in [1.29, 1.82) is 0 Å². The Kier molecular flexibility index (Phi) is 17.9. The van der Waals surface area contributed by atoms with E-state index in [2.05, 4.69) is 27.7 Å². The molecular formula is C34H66O5SSi. The Morgan fingerprint density at radius 3 is 1.73 bits per heavy atom. The molecule has 0 aromatic rings. The summed E-state index contributed by atoms with van der Waals surface area (Å²) in [6.45, 7) is 17.6. The maximum atomic E-state index is 12.9. The van der Waals surface area contributed by atoms with Crippen molar-refractivity contribution >= 4 is 18.4 Å². The lowest BCUT2D eigenvalue weighted by Gasteiger charge is -2.47. The van der Waals surface area contributed by atoms with Crippen LogP contribution in [-0.2, 0) is 19.3 Å². The van der Waals surface area contributed by atoms with Crippen molar-refractivity contribution in [2.75, 3.05) is 13.2 Å². The maximum absolute atomic E-state index is 12.9. The second-order valence-corrected chi connectivity index (χ2v) is 20.5. The molecular weight excluding hydrogens is 549 g/mol. The zero-order valence-corrected chi connectivity index (χ0v) is 29.9. The largest absolute Gasteiger partial charge is 0.393 e. The Balaban J connectivity index is 2.34. The Morgan fingerprint density at radius 1 is 0.878 bits per heavy atom. The first kappa shape index (κ1) is 38.6. The fourth-order valence-electron chi connectivity index (χ4n) is 5.46. The predicted octanol–water partition coefficient (Wildman–Crippen LogP) is 10.6. The van der Waals surface area contributed by atoms with Crippen LogP contribution in [0.4, 0.5) is 0 Å². The van der Waals surface area contributed by atoms with Crippen LogP contribution in [0.2, 0.25) is 18.1 Å². The Hall–Kier alpha value is -0.473. The average Bonchev–Trinajstić information content (AvgIpc) is 2.87. The van der Waals surface area contributed by atoms with Crippen LogP contribution >= 0.6 is 0 Å². The molecule has 0 aromatic heterocycles. The zero-order valence-electron chi connectivity index (χ0n) is 28.1. The van der Waals surface area contributed by atoms with Gasteiger partial charge in [-0.25, -0.2) is 0 Å². The van der Waals surface area contributed by atoms with Crippen molar-refractivity contribution in [3.63, 3.8) is 0 Å². The van der Waals surface area contributed by atoms with Crippen molar-refractivity contribution in [3.8, 4) is 0 Å². The summed E-state index contributed by atoms with van der Waals surface area (Å²) in [4.78, 5) is -1.79. The number of hydrogen-bond donors (Lipinski definition) is 1. The highest BCUT2D eigenvalue weighted by Gasteiger charge is 2.56. The normalized spacial score (nSPS) is 20.8. The number of rotatable bonds is 23. The molecule has 5 nitrogen and oxygen atoms in total. The van der Waals surface area contributed by atoms with Gasteiger partial charge in [0.15, 0.2) is 8.32 Å². The standard InChI is InChI=1S/C34H66O5SSi/c1-9-10-11-12-13-14-15-16-17-18-19-20-21-22-23-24-27-38-29-31(3)32-28-30(2)25-26-34(32,40(35,36)37)39-41(7,8)33(4,5)6/h25-26,28,31-32H,9-24,27,29H2,1-8H3,(H,35,36,37)/t31?,32?,34-/m1/s1. The summed E-state index contributed by atoms with van der Waals surface area (Å²) in [5, 5.41) is -0.202. The molecule has 1 rings (SSSR count). The van der Waals surface area contributed by atoms with Gasteiger partial charge in [0, 0.05) is 19.1 Å². The Labute approximate surface area is 256 Å². The van der Waals surface area contributed by atoms with Gasteiger partial charge in [0.2, 0.25) is 4.93 Å². The molecule has 0 fully saturated rings. The molecule has 1 aliphatic carbocycles. The molecule has 2 unspecified atom stereocenters. The number of allylic oxidation sites excluding steroid dienone is 2. The van der Waals surface area contributed by atoms with E-state index < -0.39 is 29.3 Å². The highest BCUT2D eigenvalue weighted by molar-refractivity contribution is 7.87. The van der Waals surface area contributed by atoms with Gasteiger partial charge in [-0.05, 0) is 43.5 Å². The summed E-state index contributed by atoms with van der Waals surface area (Å²) in [6.07, 6.45) is 26.7. The molecule has 7 heteroatoms. The third-order valence-electron chi connectivity index (χ3n) is 9.25. The van der Waals surface area contributed by atoms with Crippen molar-refractivity contribution < 1.29 is 22.1 Å². The number of hydrogen-bond acceptors (Lipinski definition) is 4. The SMILES string of the molecule is CCCCCCCCCCCCCCCCCCOCC(C)C1C=C(C)C=C[C@@]1(O[Si](C)(C)C(C)(C)C)S(=O)(=O)O. The Morgan fingerprint density at radius 2 is 1.32 bits per heavy atom. The van der Waals surface area contributed by atoms with Crippen LogP contribution in [-0.4, -0.2) is 39.4 Å². The molecule has 1 N–H and O–H groups in total.